The first-order valence-electron chi connectivity index (χ1n) is 12.4. The monoisotopic (exact) mass is 500 g/mol. The smallest absolute Gasteiger partial charge is 0.309 e. The second-order valence-corrected chi connectivity index (χ2v) is 9.86. The lowest BCUT2D eigenvalue weighted by atomic mass is 9.90. The number of para-hydroxylation sites is 2. The SMILES string of the molecule is CC(=O)N(c1ccccc1)C1CCN(C(=O)c2ccc(OCCC(C)(C)C(=O)O)cc2)c2ccccc21. The number of rotatable bonds is 8. The van der Waals surface area contributed by atoms with Crippen LogP contribution in [0.3, 0.4) is 0 Å². The van der Waals surface area contributed by atoms with Gasteiger partial charge in [0.1, 0.15) is 5.75 Å². The number of aliphatic carboxylic acids is 1. The second-order valence-electron chi connectivity index (χ2n) is 9.86. The number of carboxylic acids is 1. The first-order chi connectivity index (χ1) is 17.7. The molecule has 7 nitrogen and oxygen atoms in total. The minimum atomic E-state index is -0.867. The molecule has 1 N–H and O–H groups in total. The average molecular weight is 501 g/mol. The Balaban J connectivity index is 1.51. The molecular formula is C30H32N2O5. The van der Waals surface area contributed by atoms with E-state index in [-0.39, 0.29) is 24.5 Å². The van der Waals surface area contributed by atoms with E-state index in [2.05, 4.69) is 0 Å². The van der Waals surface area contributed by atoms with E-state index in [1.807, 2.05) is 54.6 Å². The zero-order valence-electron chi connectivity index (χ0n) is 21.4. The highest BCUT2D eigenvalue weighted by molar-refractivity contribution is 6.07. The molecule has 0 fully saturated rings. The Kier molecular flexibility index (Phi) is 7.62. The lowest BCUT2D eigenvalue weighted by molar-refractivity contribution is -0.147. The van der Waals surface area contributed by atoms with E-state index in [1.54, 1.807) is 54.8 Å². The number of carboxylic acid groups (broad SMARTS) is 1. The molecule has 3 aromatic carbocycles. The Labute approximate surface area is 217 Å². The largest absolute Gasteiger partial charge is 0.494 e. The Bertz CT molecular complexity index is 1270. The van der Waals surface area contributed by atoms with Gasteiger partial charge in [-0.1, -0.05) is 36.4 Å². The van der Waals surface area contributed by atoms with Crippen LogP contribution in [0.2, 0.25) is 0 Å². The van der Waals surface area contributed by atoms with Crippen molar-refractivity contribution in [2.24, 2.45) is 5.41 Å². The average Bonchev–Trinajstić information content (AvgIpc) is 2.89. The molecule has 0 aromatic heterocycles. The predicted molar refractivity (Wildman–Crippen MR) is 143 cm³/mol. The summed E-state index contributed by atoms with van der Waals surface area (Å²) in [6, 6.07) is 24.1. The minimum absolute atomic E-state index is 0.0480. The first kappa shape index (κ1) is 25.9. The summed E-state index contributed by atoms with van der Waals surface area (Å²) in [6.07, 6.45) is 0.979. The zero-order valence-corrected chi connectivity index (χ0v) is 21.4. The number of amides is 2. The van der Waals surface area contributed by atoms with Crippen molar-refractivity contribution in [1.29, 1.82) is 0 Å². The number of ether oxygens (including phenoxy) is 1. The number of benzene rings is 3. The lowest BCUT2D eigenvalue weighted by Gasteiger charge is -2.39. The van der Waals surface area contributed by atoms with E-state index in [0.717, 1.165) is 16.9 Å². The summed E-state index contributed by atoms with van der Waals surface area (Å²) in [7, 11) is 0. The van der Waals surface area contributed by atoms with Gasteiger partial charge in [0.25, 0.3) is 5.91 Å². The van der Waals surface area contributed by atoms with Gasteiger partial charge in [-0.3, -0.25) is 14.4 Å². The molecule has 1 aliphatic heterocycles. The second kappa shape index (κ2) is 10.9. The van der Waals surface area contributed by atoms with Crippen LogP contribution in [0.5, 0.6) is 5.75 Å². The highest BCUT2D eigenvalue weighted by atomic mass is 16.5. The number of anilines is 2. The van der Waals surface area contributed by atoms with Crippen LogP contribution in [0.4, 0.5) is 11.4 Å². The summed E-state index contributed by atoms with van der Waals surface area (Å²) in [6.45, 7) is 5.63. The molecule has 7 heteroatoms. The Morgan fingerprint density at radius 2 is 1.62 bits per heavy atom. The molecule has 0 saturated heterocycles. The van der Waals surface area contributed by atoms with Crippen molar-refractivity contribution in [1.82, 2.24) is 0 Å². The third kappa shape index (κ3) is 5.66. The number of nitrogens with zero attached hydrogens (tertiary/aromatic N) is 2. The first-order valence-corrected chi connectivity index (χ1v) is 12.4. The van der Waals surface area contributed by atoms with Crippen molar-refractivity contribution in [2.45, 2.75) is 39.7 Å². The van der Waals surface area contributed by atoms with Crippen LogP contribution in [0.15, 0.2) is 78.9 Å². The summed E-state index contributed by atoms with van der Waals surface area (Å²) in [4.78, 5) is 41.0. The molecule has 1 unspecified atom stereocenters. The van der Waals surface area contributed by atoms with Gasteiger partial charge in [0.15, 0.2) is 0 Å². The van der Waals surface area contributed by atoms with Gasteiger partial charge in [-0.2, -0.15) is 0 Å². The van der Waals surface area contributed by atoms with E-state index >= 15 is 0 Å². The van der Waals surface area contributed by atoms with Crippen molar-refractivity contribution in [3.63, 3.8) is 0 Å². The molecule has 0 saturated carbocycles. The van der Waals surface area contributed by atoms with Crippen LogP contribution in [0, 0.1) is 5.41 Å². The van der Waals surface area contributed by atoms with Gasteiger partial charge in [-0.25, -0.2) is 0 Å². The summed E-state index contributed by atoms with van der Waals surface area (Å²) < 4.78 is 5.71. The summed E-state index contributed by atoms with van der Waals surface area (Å²) in [5.41, 5.74) is 2.22. The maximum absolute atomic E-state index is 13.5. The summed E-state index contributed by atoms with van der Waals surface area (Å²) in [5.74, 6) is -0.459. The van der Waals surface area contributed by atoms with E-state index in [9.17, 15) is 19.5 Å². The standard InChI is InChI=1S/C30H32N2O5/c1-21(33)32(23-9-5-4-6-10-23)27-17-19-31(26-12-8-7-11-25(26)27)28(34)22-13-15-24(16-14-22)37-20-18-30(2,3)29(35)36/h4-16,27H,17-20H2,1-3H3,(H,35,36). The number of carbonyl (C=O) groups is 3. The quantitative estimate of drug-likeness (QED) is 0.428. The number of carbonyl (C=O) groups excluding carboxylic acids is 2. The van der Waals surface area contributed by atoms with Crippen LogP contribution >= 0.6 is 0 Å². The van der Waals surface area contributed by atoms with Crippen molar-refractivity contribution in [3.8, 4) is 5.75 Å². The van der Waals surface area contributed by atoms with Gasteiger partial charge in [0.2, 0.25) is 5.91 Å². The van der Waals surface area contributed by atoms with Crippen LogP contribution in [0.25, 0.3) is 0 Å². The molecule has 3 aromatic rings. The fourth-order valence-corrected chi connectivity index (χ4v) is 4.57. The highest BCUT2D eigenvalue weighted by Crippen LogP contribution is 2.40. The Hall–Kier alpha value is -4.13. The van der Waals surface area contributed by atoms with Crippen molar-refractivity contribution >= 4 is 29.2 Å². The molecule has 1 aliphatic rings. The van der Waals surface area contributed by atoms with E-state index < -0.39 is 11.4 Å². The number of hydrogen-bond acceptors (Lipinski definition) is 4. The molecule has 192 valence electrons. The lowest BCUT2D eigenvalue weighted by Crippen LogP contribution is -2.42. The van der Waals surface area contributed by atoms with Crippen molar-refractivity contribution in [2.75, 3.05) is 23.0 Å². The van der Waals surface area contributed by atoms with Crippen LogP contribution in [-0.4, -0.2) is 36.0 Å². The molecule has 4 rings (SSSR count). The van der Waals surface area contributed by atoms with Gasteiger partial charge in [0, 0.05) is 30.4 Å². The molecule has 0 radical (unpaired) electrons. The molecule has 1 atom stereocenters. The third-order valence-electron chi connectivity index (χ3n) is 6.82. The summed E-state index contributed by atoms with van der Waals surface area (Å²) >= 11 is 0. The highest BCUT2D eigenvalue weighted by Gasteiger charge is 2.34. The van der Waals surface area contributed by atoms with Crippen LogP contribution in [0.1, 0.15) is 55.6 Å². The predicted octanol–water partition coefficient (Wildman–Crippen LogP) is 5.71. The Morgan fingerprint density at radius 3 is 2.27 bits per heavy atom. The molecule has 0 spiro atoms. The van der Waals surface area contributed by atoms with E-state index in [0.29, 0.717) is 30.7 Å². The zero-order chi connectivity index (χ0) is 26.6. The maximum atomic E-state index is 13.5. The normalized spacial score (nSPS) is 15.0. The van der Waals surface area contributed by atoms with Crippen LogP contribution in [-0.2, 0) is 9.59 Å². The molecule has 2 amide bonds. The van der Waals surface area contributed by atoms with Crippen molar-refractivity contribution in [3.05, 3.63) is 90.0 Å². The van der Waals surface area contributed by atoms with Crippen molar-refractivity contribution < 1.29 is 24.2 Å². The van der Waals surface area contributed by atoms with Gasteiger partial charge in [0.05, 0.1) is 18.1 Å². The van der Waals surface area contributed by atoms with Gasteiger partial charge >= 0.3 is 5.97 Å². The van der Waals surface area contributed by atoms with Gasteiger partial charge in [-0.05, 0) is 74.7 Å². The third-order valence-corrected chi connectivity index (χ3v) is 6.82. The number of hydrogen-bond donors (Lipinski definition) is 1. The topological polar surface area (TPSA) is 87.2 Å². The molecular weight excluding hydrogens is 468 g/mol. The van der Waals surface area contributed by atoms with E-state index in [1.165, 1.54) is 0 Å². The Morgan fingerprint density at radius 1 is 0.973 bits per heavy atom. The molecule has 0 bridgehead atoms. The molecule has 0 aliphatic carbocycles. The number of fused-ring (bicyclic) bond motifs is 1. The fourth-order valence-electron chi connectivity index (χ4n) is 4.57. The molecule has 1 heterocycles. The maximum Gasteiger partial charge on any atom is 0.309 e. The van der Waals surface area contributed by atoms with Gasteiger partial charge in [-0.15, -0.1) is 0 Å². The minimum Gasteiger partial charge on any atom is -0.494 e. The fraction of sp³-hybridized carbons (Fsp3) is 0.300. The van der Waals surface area contributed by atoms with Gasteiger partial charge < -0.3 is 19.6 Å². The summed E-state index contributed by atoms with van der Waals surface area (Å²) in [5, 5.41) is 9.24. The van der Waals surface area contributed by atoms with Crippen LogP contribution < -0.4 is 14.5 Å². The molecule has 37 heavy (non-hydrogen) atoms. The van der Waals surface area contributed by atoms with E-state index in [4.69, 9.17) is 4.74 Å².